The van der Waals surface area contributed by atoms with E-state index >= 15 is 0 Å². The van der Waals surface area contributed by atoms with Crippen LogP contribution >= 0.6 is 0 Å². The van der Waals surface area contributed by atoms with Crippen LogP contribution in [0.5, 0.6) is 0 Å². The molecule has 0 saturated carbocycles. The summed E-state index contributed by atoms with van der Waals surface area (Å²) in [5.74, 6) is 3.01. The molecular formula is C34H30N8. The van der Waals surface area contributed by atoms with Gasteiger partial charge in [-0.2, -0.15) is 0 Å². The van der Waals surface area contributed by atoms with Crippen LogP contribution in [0.2, 0.25) is 0 Å². The van der Waals surface area contributed by atoms with Crippen molar-refractivity contribution in [2.45, 2.75) is 27.7 Å². The molecule has 7 aromatic rings. The summed E-state index contributed by atoms with van der Waals surface area (Å²) >= 11 is 0. The summed E-state index contributed by atoms with van der Waals surface area (Å²) < 4.78 is 8.51. The van der Waals surface area contributed by atoms with Crippen LogP contribution in [0.4, 0.5) is 0 Å². The van der Waals surface area contributed by atoms with Crippen molar-refractivity contribution in [1.29, 1.82) is 0 Å². The van der Waals surface area contributed by atoms with Crippen molar-refractivity contribution < 1.29 is 0 Å². The lowest BCUT2D eigenvalue weighted by atomic mass is 10.1. The van der Waals surface area contributed by atoms with Crippen LogP contribution in [0.15, 0.2) is 80.2 Å². The largest absolute Gasteiger partial charge is 0.284 e. The van der Waals surface area contributed by atoms with Crippen molar-refractivity contribution >= 4 is 40.8 Å². The van der Waals surface area contributed by atoms with Gasteiger partial charge in [0.25, 0.3) is 0 Å². The Bertz CT molecular complexity index is 2220. The normalized spacial score (nSPS) is 11.9. The minimum atomic E-state index is 0.722. The van der Waals surface area contributed by atoms with Gasteiger partial charge in [-0.1, -0.05) is 37.4 Å². The maximum absolute atomic E-state index is 5.30. The molecule has 6 heterocycles. The average Bonchev–Trinajstić information content (AvgIpc) is 3.69. The Kier molecular flexibility index (Phi) is 5.79. The van der Waals surface area contributed by atoms with E-state index in [4.69, 9.17) is 15.0 Å². The molecular weight excluding hydrogens is 520 g/mol. The number of aryl methyl sites for hydroxylation is 3. The number of imidazole rings is 4. The second kappa shape index (κ2) is 9.55. The van der Waals surface area contributed by atoms with Crippen LogP contribution in [0.3, 0.4) is 0 Å². The number of nitrogens with zero attached hydrogens (tertiary/aromatic N) is 8. The van der Waals surface area contributed by atoms with E-state index in [1.54, 1.807) is 6.20 Å². The fourth-order valence-corrected chi connectivity index (χ4v) is 5.98. The Hall–Kier alpha value is -5.50. The third-order valence-corrected chi connectivity index (χ3v) is 7.88. The quantitative estimate of drug-likeness (QED) is 0.216. The molecule has 8 heteroatoms. The fraction of sp³-hybridized carbons (Fsp3) is 0.118. The van der Waals surface area contributed by atoms with Crippen molar-refractivity contribution in [2.75, 3.05) is 0 Å². The van der Waals surface area contributed by atoms with Gasteiger partial charge in [0.05, 0.1) is 33.8 Å². The SMILES string of the molecule is C=Cc1c(C)n2c(C)c(/C=C\C)nc2n1-c1cc(-c2cccnc2)cc(-n2c3ccccc3n3c(C=C)c(C)nc23)n1. The van der Waals surface area contributed by atoms with Crippen LogP contribution in [0, 0.1) is 20.8 Å². The van der Waals surface area contributed by atoms with E-state index in [-0.39, 0.29) is 0 Å². The molecule has 0 amide bonds. The number of aromatic nitrogens is 8. The molecule has 0 saturated heterocycles. The number of hydrogen-bond donors (Lipinski definition) is 0. The second-order valence-corrected chi connectivity index (χ2v) is 10.3. The average molecular weight is 551 g/mol. The van der Waals surface area contributed by atoms with Gasteiger partial charge in [0.1, 0.15) is 11.6 Å². The molecule has 42 heavy (non-hydrogen) atoms. The highest BCUT2D eigenvalue weighted by molar-refractivity contribution is 5.85. The van der Waals surface area contributed by atoms with Gasteiger partial charge in [-0.25, -0.2) is 15.0 Å². The molecule has 0 atom stereocenters. The van der Waals surface area contributed by atoms with Crippen molar-refractivity contribution in [3.05, 3.63) is 114 Å². The summed E-state index contributed by atoms with van der Waals surface area (Å²) in [4.78, 5) is 19.7. The number of fused-ring (bicyclic) bond motifs is 4. The Balaban J connectivity index is 1.61. The summed E-state index contributed by atoms with van der Waals surface area (Å²) in [7, 11) is 0. The van der Waals surface area contributed by atoms with Crippen LogP contribution in [0.25, 0.3) is 63.6 Å². The van der Waals surface area contributed by atoms with Gasteiger partial charge in [0.15, 0.2) is 0 Å². The topological polar surface area (TPSA) is 70.2 Å². The first kappa shape index (κ1) is 25.5. The predicted molar refractivity (Wildman–Crippen MR) is 170 cm³/mol. The Morgan fingerprint density at radius 2 is 1.43 bits per heavy atom. The molecule has 0 spiro atoms. The lowest BCUT2D eigenvalue weighted by Gasteiger charge is -2.13. The first-order valence-corrected chi connectivity index (χ1v) is 13.9. The molecule has 1 aromatic carbocycles. The van der Waals surface area contributed by atoms with E-state index in [1.807, 2.05) is 62.5 Å². The van der Waals surface area contributed by atoms with Gasteiger partial charge in [0, 0.05) is 29.3 Å². The van der Waals surface area contributed by atoms with E-state index in [1.165, 1.54) is 0 Å². The maximum Gasteiger partial charge on any atom is 0.221 e. The number of benzene rings is 1. The van der Waals surface area contributed by atoms with Gasteiger partial charge >= 0.3 is 0 Å². The summed E-state index contributed by atoms with van der Waals surface area (Å²) in [5.41, 5.74) is 9.82. The molecule has 6 aromatic heterocycles. The third kappa shape index (κ3) is 3.55. The predicted octanol–water partition coefficient (Wildman–Crippen LogP) is 7.42. The Morgan fingerprint density at radius 1 is 0.714 bits per heavy atom. The fourth-order valence-electron chi connectivity index (χ4n) is 5.98. The molecule has 0 radical (unpaired) electrons. The molecule has 0 fully saturated rings. The molecule has 206 valence electrons. The zero-order valence-corrected chi connectivity index (χ0v) is 24.1. The molecule has 0 aliphatic rings. The zero-order valence-electron chi connectivity index (χ0n) is 24.1. The standard InChI is InChI=1S/C34H30N8/c1-7-13-26-22(5)39-23(6)28(9-3)41(34(39)37-26)31-18-25(24-14-12-17-35-20-24)19-32(38-31)42-30-16-11-10-15-29(30)40-27(8-2)21(4)36-33(40)42/h7-20H,2-3H2,1,4-6H3/b13-7-. The summed E-state index contributed by atoms with van der Waals surface area (Å²) in [5, 5.41) is 0. The van der Waals surface area contributed by atoms with Gasteiger partial charge in [-0.3, -0.25) is 22.9 Å². The van der Waals surface area contributed by atoms with Crippen molar-refractivity contribution in [3.63, 3.8) is 0 Å². The van der Waals surface area contributed by atoms with E-state index in [0.717, 1.165) is 79.5 Å². The van der Waals surface area contributed by atoms with Crippen molar-refractivity contribution in [2.24, 2.45) is 0 Å². The highest BCUT2D eigenvalue weighted by Crippen LogP contribution is 2.32. The van der Waals surface area contributed by atoms with E-state index in [0.29, 0.717) is 0 Å². The van der Waals surface area contributed by atoms with Crippen LogP contribution in [0.1, 0.15) is 41.1 Å². The highest BCUT2D eigenvalue weighted by atomic mass is 15.3. The van der Waals surface area contributed by atoms with Gasteiger partial charge in [-0.15, -0.1) is 0 Å². The first-order chi connectivity index (χ1) is 20.5. The van der Waals surface area contributed by atoms with Crippen molar-refractivity contribution in [1.82, 2.24) is 37.9 Å². The number of hydrogen-bond acceptors (Lipinski definition) is 4. The summed E-state index contributed by atoms with van der Waals surface area (Å²) in [6, 6.07) is 16.5. The second-order valence-electron chi connectivity index (χ2n) is 10.3. The molecule has 0 unspecified atom stereocenters. The smallest absolute Gasteiger partial charge is 0.221 e. The number of pyridine rings is 2. The zero-order chi connectivity index (χ0) is 29.1. The number of para-hydroxylation sites is 2. The van der Waals surface area contributed by atoms with Gasteiger partial charge in [0.2, 0.25) is 11.6 Å². The molecule has 0 aliphatic heterocycles. The summed E-state index contributed by atoms with van der Waals surface area (Å²) in [6.07, 6.45) is 11.4. The van der Waals surface area contributed by atoms with Crippen LogP contribution in [-0.2, 0) is 0 Å². The molecule has 0 aliphatic carbocycles. The maximum atomic E-state index is 5.30. The number of rotatable bonds is 6. The lowest BCUT2D eigenvalue weighted by Crippen LogP contribution is -2.06. The third-order valence-electron chi connectivity index (χ3n) is 7.88. The molecule has 8 nitrogen and oxygen atoms in total. The lowest BCUT2D eigenvalue weighted by molar-refractivity contribution is 0.958. The minimum Gasteiger partial charge on any atom is -0.284 e. The van der Waals surface area contributed by atoms with Crippen molar-refractivity contribution in [3.8, 4) is 22.8 Å². The monoisotopic (exact) mass is 550 g/mol. The number of allylic oxidation sites excluding steroid dienone is 1. The van der Waals surface area contributed by atoms with E-state index in [9.17, 15) is 0 Å². The molecule has 0 N–H and O–H groups in total. The Labute approximate surface area is 243 Å². The molecule has 7 rings (SSSR count). The van der Waals surface area contributed by atoms with Gasteiger partial charge < -0.3 is 0 Å². The van der Waals surface area contributed by atoms with Crippen LogP contribution < -0.4 is 0 Å². The van der Waals surface area contributed by atoms with Gasteiger partial charge in [-0.05, 0) is 81.8 Å². The van der Waals surface area contributed by atoms with E-state index < -0.39 is 0 Å². The summed E-state index contributed by atoms with van der Waals surface area (Å²) in [6.45, 7) is 16.4. The van der Waals surface area contributed by atoms with E-state index in [2.05, 4.69) is 80.3 Å². The molecule has 0 bridgehead atoms. The van der Waals surface area contributed by atoms with Crippen LogP contribution in [-0.4, -0.2) is 37.9 Å². The Morgan fingerprint density at radius 3 is 2.12 bits per heavy atom. The first-order valence-electron chi connectivity index (χ1n) is 13.9. The minimum absolute atomic E-state index is 0.722. The highest BCUT2D eigenvalue weighted by Gasteiger charge is 2.23.